The van der Waals surface area contributed by atoms with Crippen molar-refractivity contribution in [2.45, 2.75) is 32.8 Å². The molecule has 0 bridgehead atoms. The second-order valence-corrected chi connectivity index (χ2v) is 3.30. The summed E-state index contributed by atoms with van der Waals surface area (Å²) in [6, 6.07) is 0. The van der Waals surface area contributed by atoms with E-state index in [2.05, 4.69) is 20.3 Å². The maximum atomic E-state index is 5.64. The summed E-state index contributed by atoms with van der Waals surface area (Å²) in [5, 5.41) is 0. The highest BCUT2D eigenvalue weighted by atomic mass is 16.6. The van der Waals surface area contributed by atoms with E-state index in [9.17, 15) is 0 Å². The molecule has 2 atom stereocenters. The normalized spacial score (nSPS) is 27.0. The molecule has 0 N–H and O–H groups in total. The Labute approximate surface area is 75.2 Å². The first kappa shape index (κ1) is 10.0. The molecule has 1 aliphatic rings. The van der Waals surface area contributed by atoms with Gasteiger partial charge in [-0.05, 0) is 18.8 Å². The summed E-state index contributed by atoms with van der Waals surface area (Å²) in [5.74, 6) is 0.648. The van der Waals surface area contributed by atoms with Crippen LogP contribution in [0.2, 0.25) is 0 Å². The first-order chi connectivity index (χ1) is 5.88. The van der Waals surface area contributed by atoms with Gasteiger partial charge in [-0.15, -0.1) is 0 Å². The van der Waals surface area contributed by atoms with Crippen LogP contribution in [-0.4, -0.2) is 25.9 Å². The van der Waals surface area contributed by atoms with Crippen LogP contribution in [0, 0.1) is 12.3 Å². The molecule has 2 nitrogen and oxygen atoms in total. The fraction of sp³-hybridized carbons (Fsp3) is 0.900. The Bertz CT molecular complexity index is 106. The summed E-state index contributed by atoms with van der Waals surface area (Å²) < 4.78 is 11.0. The van der Waals surface area contributed by atoms with Crippen molar-refractivity contribution < 1.29 is 9.47 Å². The molecule has 0 aromatic carbocycles. The van der Waals surface area contributed by atoms with Crippen molar-refractivity contribution in [3.8, 4) is 0 Å². The third-order valence-corrected chi connectivity index (χ3v) is 2.43. The molecule has 0 aromatic heterocycles. The van der Waals surface area contributed by atoms with E-state index in [1.54, 1.807) is 0 Å². The van der Waals surface area contributed by atoms with Crippen LogP contribution in [0.4, 0.5) is 0 Å². The minimum absolute atomic E-state index is 0.333. The van der Waals surface area contributed by atoms with E-state index in [0.29, 0.717) is 12.0 Å². The van der Waals surface area contributed by atoms with Gasteiger partial charge >= 0.3 is 0 Å². The van der Waals surface area contributed by atoms with Crippen LogP contribution < -0.4 is 0 Å². The summed E-state index contributed by atoms with van der Waals surface area (Å²) in [6.07, 6.45) is 4.87. The average Bonchev–Trinajstić information content (AvgIpc) is 2.15. The van der Waals surface area contributed by atoms with Crippen LogP contribution in [0.1, 0.15) is 26.7 Å². The molecule has 1 rings (SSSR count). The second-order valence-electron chi connectivity index (χ2n) is 3.30. The van der Waals surface area contributed by atoms with E-state index < -0.39 is 0 Å². The maximum Gasteiger partial charge on any atom is 0.0837 e. The second kappa shape index (κ2) is 5.55. The van der Waals surface area contributed by atoms with Crippen molar-refractivity contribution in [1.29, 1.82) is 0 Å². The van der Waals surface area contributed by atoms with Crippen molar-refractivity contribution in [1.82, 2.24) is 0 Å². The van der Waals surface area contributed by atoms with Crippen LogP contribution in [0.3, 0.4) is 0 Å². The molecule has 1 saturated heterocycles. The van der Waals surface area contributed by atoms with Crippen molar-refractivity contribution in [2.75, 3.05) is 19.8 Å². The zero-order valence-electron chi connectivity index (χ0n) is 8.08. The Kier molecular flexibility index (Phi) is 4.62. The van der Waals surface area contributed by atoms with E-state index >= 15 is 0 Å². The zero-order chi connectivity index (χ0) is 8.81. The highest BCUT2D eigenvalue weighted by molar-refractivity contribution is 4.75. The topological polar surface area (TPSA) is 18.5 Å². The van der Waals surface area contributed by atoms with E-state index in [4.69, 9.17) is 9.47 Å². The van der Waals surface area contributed by atoms with Crippen LogP contribution in [0.25, 0.3) is 0 Å². The molecular weight excluding hydrogens is 152 g/mol. The largest absolute Gasteiger partial charge is 0.376 e. The predicted molar refractivity (Wildman–Crippen MR) is 48.9 cm³/mol. The highest BCUT2D eigenvalue weighted by Gasteiger charge is 2.22. The quantitative estimate of drug-likeness (QED) is 0.644. The van der Waals surface area contributed by atoms with Crippen molar-refractivity contribution in [3.63, 3.8) is 0 Å². The smallest absolute Gasteiger partial charge is 0.0837 e. The van der Waals surface area contributed by atoms with E-state index in [0.717, 1.165) is 26.2 Å². The molecule has 71 valence electrons. The van der Waals surface area contributed by atoms with Crippen molar-refractivity contribution >= 4 is 0 Å². The van der Waals surface area contributed by atoms with Crippen LogP contribution in [0.5, 0.6) is 0 Å². The van der Waals surface area contributed by atoms with Gasteiger partial charge in [0.2, 0.25) is 0 Å². The Morgan fingerprint density at radius 2 is 2.33 bits per heavy atom. The maximum absolute atomic E-state index is 5.64. The first-order valence-corrected chi connectivity index (χ1v) is 4.85. The van der Waals surface area contributed by atoms with Crippen LogP contribution >= 0.6 is 0 Å². The lowest BCUT2D eigenvalue weighted by Crippen LogP contribution is -2.34. The van der Waals surface area contributed by atoms with Crippen molar-refractivity contribution in [3.05, 3.63) is 6.42 Å². The predicted octanol–water partition coefficient (Wildman–Crippen LogP) is 2.04. The van der Waals surface area contributed by atoms with Gasteiger partial charge in [0.1, 0.15) is 0 Å². The fourth-order valence-electron chi connectivity index (χ4n) is 1.66. The molecular formula is C10H19O2. The minimum atomic E-state index is 0.333. The van der Waals surface area contributed by atoms with Crippen LogP contribution in [-0.2, 0) is 9.47 Å². The molecule has 0 aromatic rings. The number of hydrogen-bond donors (Lipinski definition) is 0. The van der Waals surface area contributed by atoms with Gasteiger partial charge in [0.05, 0.1) is 25.9 Å². The Morgan fingerprint density at radius 1 is 1.50 bits per heavy atom. The molecule has 12 heavy (non-hydrogen) atoms. The lowest BCUT2D eigenvalue weighted by atomic mass is 9.94. The van der Waals surface area contributed by atoms with Gasteiger partial charge in [0.25, 0.3) is 0 Å². The van der Waals surface area contributed by atoms with Gasteiger partial charge < -0.3 is 9.47 Å². The lowest BCUT2D eigenvalue weighted by Gasteiger charge is -2.29. The van der Waals surface area contributed by atoms with E-state index in [1.165, 1.54) is 6.42 Å². The Hall–Kier alpha value is -0.0800. The molecule has 0 aliphatic carbocycles. The van der Waals surface area contributed by atoms with Gasteiger partial charge in [0.15, 0.2) is 0 Å². The molecule has 2 heteroatoms. The molecule has 1 aliphatic heterocycles. The molecule has 1 heterocycles. The molecule has 2 unspecified atom stereocenters. The Morgan fingerprint density at radius 3 is 2.83 bits per heavy atom. The number of hydrogen-bond acceptors (Lipinski definition) is 2. The summed E-state index contributed by atoms with van der Waals surface area (Å²) in [6.45, 7) is 6.64. The van der Waals surface area contributed by atoms with Gasteiger partial charge in [-0.1, -0.05) is 20.3 Å². The molecule has 1 fully saturated rings. The van der Waals surface area contributed by atoms with Crippen molar-refractivity contribution in [2.24, 2.45) is 5.92 Å². The SMILES string of the molecule is C[CH]CC(CC)C1COCCO1. The highest BCUT2D eigenvalue weighted by Crippen LogP contribution is 2.20. The summed E-state index contributed by atoms with van der Waals surface area (Å²) in [5.41, 5.74) is 0. The zero-order valence-corrected chi connectivity index (χ0v) is 8.08. The third kappa shape index (κ3) is 2.76. The molecule has 1 radical (unpaired) electrons. The van der Waals surface area contributed by atoms with Gasteiger partial charge in [-0.25, -0.2) is 0 Å². The summed E-state index contributed by atoms with van der Waals surface area (Å²) in [4.78, 5) is 0. The number of ether oxygens (including phenoxy) is 2. The standard InChI is InChI=1S/C10H19O2/c1-3-5-9(4-2)10-8-11-6-7-12-10/h3,9-10H,4-8H2,1-2H3. The third-order valence-electron chi connectivity index (χ3n) is 2.43. The summed E-state index contributed by atoms with van der Waals surface area (Å²) >= 11 is 0. The summed E-state index contributed by atoms with van der Waals surface area (Å²) in [7, 11) is 0. The van der Waals surface area contributed by atoms with E-state index in [1.807, 2.05) is 0 Å². The molecule has 0 amide bonds. The average molecular weight is 171 g/mol. The fourth-order valence-corrected chi connectivity index (χ4v) is 1.66. The lowest BCUT2D eigenvalue weighted by molar-refractivity contribution is -0.111. The molecule has 0 saturated carbocycles. The van der Waals surface area contributed by atoms with E-state index in [-0.39, 0.29) is 0 Å². The first-order valence-electron chi connectivity index (χ1n) is 4.85. The Balaban J connectivity index is 2.29. The monoisotopic (exact) mass is 171 g/mol. The number of rotatable bonds is 4. The van der Waals surface area contributed by atoms with Gasteiger partial charge in [0, 0.05) is 0 Å². The molecule has 0 spiro atoms. The van der Waals surface area contributed by atoms with Gasteiger partial charge in [-0.3, -0.25) is 0 Å². The van der Waals surface area contributed by atoms with Crippen LogP contribution in [0.15, 0.2) is 0 Å². The minimum Gasteiger partial charge on any atom is -0.376 e. The van der Waals surface area contributed by atoms with Gasteiger partial charge in [-0.2, -0.15) is 0 Å².